The van der Waals surface area contributed by atoms with E-state index in [1.165, 1.54) is 10.6 Å². The molecule has 0 fully saturated rings. The van der Waals surface area contributed by atoms with Crippen LogP contribution < -0.4 is 22.5 Å². The van der Waals surface area contributed by atoms with Gasteiger partial charge in [-0.25, -0.2) is 9.18 Å². The monoisotopic (exact) mass is 431 g/mol. The molecule has 0 bridgehead atoms. The third-order valence-electron chi connectivity index (χ3n) is 4.05. The Morgan fingerprint density at radius 1 is 1.23 bits per heavy atom. The molecule has 3 aromatic rings. The van der Waals surface area contributed by atoms with Crippen molar-refractivity contribution in [2.45, 2.75) is 47.6 Å². The first-order valence-electron chi connectivity index (χ1n) is 10.6. The fraction of sp³-hybridized carbons (Fsp3) is 0.409. The van der Waals surface area contributed by atoms with Crippen LogP contribution in [0.1, 0.15) is 45.4 Å². The number of nitrogens with zero attached hydrogens (tertiary/aromatic N) is 3. The van der Waals surface area contributed by atoms with E-state index in [1.54, 1.807) is 18.3 Å². The summed E-state index contributed by atoms with van der Waals surface area (Å²) in [5, 5.41) is 3.95. The predicted molar refractivity (Wildman–Crippen MR) is 126 cm³/mol. The predicted octanol–water partition coefficient (Wildman–Crippen LogP) is 2.97. The Morgan fingerprint density at radius 2 is 1.94 bits per heavy atom. The second-order valence-electron chi connectivity index (χ2n) is 6.27. The van der Waals surface area contributed by atoms with Crippen LogP contribution in [-0.4, -0.2) is 33.6 Å². The summed E-state index contributed by atoms with van der Waals surface area (Å²) < 4.78 is 15.8. The van der Waals surface area contributed by atoms with E-state index in [0.29, 0.717) is 25.3 Å². The van der Waals surface area contributed by atoms with E-state index in [4.69, 9.17) is 11.5 Å². The number of halogens is 1. The minimum atomic E-state index is -0.533. The van der Waals surface area contributed by atoms with E-state index < -0.39 is 11.5 Å². The van der Waals surface area contributed by atoms with Crippen molar-refractivity contribution >= 4 is 17.0 Å². The van der Waals surface area contributed by atoms with Gasteiger partial charge in [0.15, 0.2) is 5.96 Å². The zero-order valence-electron chi connectivity index (χ0n) is 19.0. The van der Waals surface area contributed by atoms with Gasteiger partial charge in [0.05, 0.1) is 5.69 Å². The highest BCUT2D eigenvalue weighted by Gasteiger charge is 2.10. The van der Waals surface area contributed by atoms with Gasteiger partial charge in [0.2, 0.25) is 0 Å². The molecule has 0 aliphatic carbocycles. The molecule has 0 aliphatic heterocycles. The molecule has 2 aromatic heterocycles. The third kappa shape index (κ3) is 7.53. The number of nitrogens with one attached hydrogen (secondary N) is 2. The molecule has 8 nitrogen and oxygen atoms in total. The first kappa shape index (κ1) is 25.8. The van der Waals surface area contributed by atoms with Gasteiger partial charge < -0.3 is 21.8 Å². The van der Waals surface area contributed by atoms with Crippen molar-refractivity contribution in [2.24, 2.45) is 16.5 Å². The van der Waals surface area contributed by atoms with Crippen molar-refractivity contribution in [2.75, 3.05) is 13.1 Å². The molecule has 31 heavy (non-hydrogen) atoms. The summed E-state index contributed by atoms with van der Waals surface area (Å²) in [7, 11) is 0. The summed E-state index contributed by atoms with van der Waals surface area (Å²) in [4.78, 5) is 23.1. The summed E-state index contributed by atoms with van der Waals surface area (Å²) in [5.74, 6) is -0.407. The average molecular weight is 432 g/mol. The minimum Gasteiger partial charge on any atom is -0.370 e. The maximum Gasteiger partial charge on any atom is 0.354 e. The van der Waals surface area contributed by atoms with E-state index >= 15 is 0 Å². The number of fused-ring (bicyclic) bond motifs is 1. The number of aliphatic imine (C=N–C) groups is 1. The molecule has 0 aliphatic rings. The van der Waals surface area contributed by atoms with Crippen molar-refractivity contribution in [3.05, 3.63) is 58.0 Å². The Hall–Kier alpha value is -3.20. The quantitative estimate of drug-likeness (QED) is 0.260. The number of H-pyrrole nitrogens is 1. The summed E-state index contributed by atoms with van der Waals surface area (Å²) in [6.07, 6.45) is 2.36. The molecule has 0 atom stereocenters. The smallest absolute Gasteiger partial charge is 0.354 e. The van der Waals surface area contributed by atoms with Crippen LogP contribution in [0.4, 0.5) is 4.39 Å². The van der Waals surface area contributed by atoms with Crippen molar-refractivity contribution in [1.82, 2.24) is 19.9 Å². The first-order valence-corrected chi connectivity index (χ1v) is 10.6. The van der Waals surface area contributed by atoms with Crippen LogP contribution in [0.25, 0.3) is 16.7 Å². The molecule has 0 unspecified atom stereocenters. The Labute approximate surface area is 182 Å². The van der Waals surface area contributed by atoms with Gasteiger partial charge in [0, 0.05) is 30.4 Å². The average Bonchev–Trinajstić information content (AvgIpc) is 3.12. The first-order chi connectivity index (χ1) is 14.9. The maximum absolute atomic E-state index is 14.6. The Morgan fingerprint density at radius 3 is 2.58 bits per heavy atom. The molecular formula is C22H34FN7O. The zero-order chi connectivity index (χ0) is 23.4. The normalized spacial score (nSPS) is 10.0. The van der Waals surface area contributed by atoms with E-state index in [2.05, 4.69) is 20.3 Å². The standard InChI is InChI=1S/C18H22FN7O.2C2H6/c1-11-7-13-10-26(18(27)25-16(13)24-11)15-4-3-12(8-14(15)19)9-22-5-2-6-23-17(20)21;2*1-2/h3-4,7-8,10,22H,2,5-6,9H2,1H3,(H4,20,21,23)(H,24,25,27);2*1-2H3. The molecule has 9 heteroatoms. The molecule has 0 saturated carbocycles. The number of aromatic nitrogens is 3. The third-order valence-corrected chi connectivity index (χ3v) is 4.05. The topological polar surface area (TPSA) is 127 Å². The van der Waals surface area contributed by atoms with Gasteiger partial charge in [0.1, 0.15) is 11.5 Å². The summed E-state index contributed by atoms with van der Waals surface area (Å²) in [6.45, 7) is 11.6. The van der Waals surface area contributed by atoms with Crippen LogP contribution in [-0.2, 0) is 6.54 Å². The molecule has 1 aromatic carbocycles. The second-order valence-corrected chi connectivity index (χ2v) is 6.27. The number of aryl methyl sites for hydroxylation is 1. The fourth-order valence-corrected chi connectivity index (χ4v) is 2.80. The molecule has 170 valence electrons. The lowest BCUT2D eigenvalue weighted by atomic mass is 10.2. The molecule has 0 saturated heterocycles. The second kappa shape index (κ2) is 13.2. The van der Waals surface area contributed by atoms with Gasteiger partial charge in [-0.3, -0.25) is 9.56 Å². The Kier molecular flexibility index (Phi) is 11.0. The van der Waals surface area contributed by atoms with Gasteiger partial charge >= 0.3 is 5.69 Å². The van der Waals surface area contributed by atoms with E-state index in [1.807, 2.05) is 40.7 Å². The zero-order valence-corrected chi connectivity index (χ0v) is 19.0. The van der Waals surface area contributed by atoms with Gasteiger partial charge in [-0.2, -0.15) is 4.98 Å². The molecule has 3 rings (SSSR count). The lowest BCUT2D eigenvalue weighted by Crippen LogP contribution is -2.23. The Balaban J connectivity index is 0.00000113. The van der Waals surface area contributed by atoms with Crippen LogP contribution in [0.2, 0.25) is 0 Å². The highest BCUT2D eigenvalue weighted by atomic mass is 19.1. The van der Waals surface area contributed by atoms with Crippen LogP contribution >= 0.6 is 0 Å². The Bertz CT molecular complexity index is 1040. The molecule has 0 amide bonds. The lowest BCUT2D eigenvalue weighted by molar-refractivity contribution is 0.606. The van der Waals surface area contributed by atoms with Gasteiger partial charge in [0.25, 0.3) is 0 Å². The number of nitrogens with two attached hydrogens (primary N) is 2. The van der Waals surface area contributed by atoms with Crippen molar-refractivity contribution < 1.29 is 4.39 Å². The van der Waals surface area contributed by atoms with Crippen molar-refractivity contribution in [3.63, 3.8) is 0 Å². The molecule has 2 heterocycles. The van der Waals surface area contributed by atoms with E-state index in [9.17, 15) is 9.18 Å². The summed E-state index contributed by atoms with van der Waals surface area (Å²) >= 11 is 0. The fourth-order valence-electron chi connectivity index (χ4n) is 2.80. The number of benzene rings is 1. The number of hydrogen-bond donors (Lipinski definition) is 4. The van der Waals surface area contributed by atoms with Crippen LogP contribution in [0.3, 0.4) is 0 Å². The maximum atomic E-state index is 14.6. The number of aromatic amines is 1. The van der Waals surface area contributed by atoms with Gasteiger partial charge in [-0.05, 0) is 43.7 Å². The van der Waals surface area contributed by atoms with Crippen LogP contribution in [0, 0.1) is 12.7 Å². The molecular weight excluding hydrogens is 397 g/mol. The highest BCUT2D eigenvalue weighted by molar-refractivity contribution is 5.76. The molecule has 0 radical (unpaired) electrons. The van der Waals surface area contributed by atoms with E-state index in [-0.39, 0.29) is 11.6 Å². The largest absolute Gasteiger partial charge is 0.370 e. The summed E-state index contributed by atoms with van der Waals surface area (Å²) in [6, 6.07) is 6.63. The lowest BCUT2D eigenvalue weighted by Gasteiger charge is -2.09. The molecule has 6 N–H and O–H groups in total. The van der Waals surface area contributed by atoms with E-state index in [0.717, 1.165) is 23.1 Å². The van der Waals surface area contributed by atoms with Gasteiger partial charge in [-0.1, -0.05) is 33.8 Å². The van der Waals surface area contributed by atoms with Gasteiger partial charge in [-0.15, -0.1) is 0 Å². The highest BCUT2D eigenvalue weighted by Crippen LogP contribution is 2.17. The number of guanidine groups is 1. The SMILES string of the molecule is CC.CC.Cc1cc2cn(-c3ccc(CNCCCN=C(N)N)cc3F)c(=O)nc2[nH]1. The van der Waals surface area contributed by atoms with Crippen molar-refractivity contribution in [3.8, 4) is 5.69 Å². The number of hydrogen-bond acceptors (Lipinski definition) is 4. The van der Waals surface area contributed by atoms with Crippen LogP contribution in [0.15, 0.2) is 40.2 Å². The minimum absolute atomic E-state index is 0.0744. The number of rotatable bonds is 7. The summed E-state index contributed by atoms with van der Waals surface area (Å²) in [5.41, 5.74) is 12.3. The van der Waals surface area contributed by atoms with Crippen LogP contribution in [0.5, 0.6) is 0 Å². The van der Waals surface area contributed by atoms with Crippen molar-refractivity contribution in [1.29, 1.82) is 0 Å². The molecule has 0 spiro atoms.